The third kappa shape index (κ3) is 5.69. The van der Waals surface area contributed by atoms with Crippen LogP contribution in [0, 0.1) is 13.8 Å². The predicted octanol–water partition coefficient (Wildman–Crippen LogP) is 4.94. The maximum atomic E-state index is 12.4. The second kappa shape index (κ2) is 10.7. The molecule has 1 saturated heterocycles. The summed E-state index contributed by atoms with van der Waals surface area (Å²) in [5, 5.41) is 2.84. The summed E-state index contributed by atoms with van der Waals surface area (Å²) < 4.78 is 12.0. The number of benzene rings is 2. The standard InChI is InChI=1S/C24H26N2O4S2/c1-5-26-23(28)21(32-24(26)31)13-17-8-10-19(20(12-17)29-6-2)30-14-22(27)25-18-9-7-15(3)16(4)11-18/h7-13H,5-6,14H2,1-4H3,(H,25,27)/b21-13-. The predicted molar refractivity (Wildman–Crippen MR) is 133 cm³/mol. The minimum atomic E-state index is -0.261. The van der Waals surface area contributed by atoms with Crippen molar-refractivity contribution in [1.82, 2.24) is 4.90 Å². The first-order valence-electron chi connectivity index (χ1n) is 10.3. The minimum absolute atomic E-state index is 0.0937. The Morgan fingerprint density at radius 3 is 2.53 bits per heavy atom. The molecule has 0 atom stereocenters. The van der Waals surface area contributed by atoms with Crippen LogP contribution in [0.2, 0.25) is 0 Å². The SMILES string of the molecule is CCOc1cc(/C=C2\SC(=S)N(CC)C2=O)ccc1OCC(=O)Nc1ccc(C)c(C)c1. The van der Waals surface area contributed by atoms with E-state index < -0.39 is 0 Å². The van der Waals surface area contributed by atoms with E-state index in [0.717, 1.165) is 22.4 Å². The molecule has 2 aromatic carbocycles. The number of hydrogen-bond donors (Lipinski definition) is 1. The molecule has 168 valence electrons. The largest absolute Gasteiger partial charge is 0.490 e. The van der Waals surface area contributed by atoms with E-state index in [1.165, 1.54) is 11.8 Å². The summed E-state index contributed by atoms with van der Waals surface area (Å²) in [4.78, 5) is 26.9. The number of nitrogens with zero attached hydrogens (tertiary/aromatic N) is 1. The van der Waals surface area contributed by atoms with Gasteiger partial charge in [-0.3, -0.25) is 14.5 Å². The van der Waals surface area contributed by atoms with Crippen LogP contribution in [0.1, 0.15) is 30.5 Å². The van der Waals surface area contributed by atoms with Gasteiger partial charge in [0.15, 0.2) is 18.1 Å². The minimum Gasteiger partial charge on any atom is -0.490 e. The molecule has 32 heavy (non-hydrogen) atoms. The molecule has 0 unspecified atom stereocenters. The Labute approximate surface area is 198 Å². The smallest absolute Gasteiger partial charge is 0.266 e. The number of anilines is 1. The first-order valence-corrected chi connectivity index (χ1v) is 11.6. The van der Waals surface area contributed by atoms with Crippen LogP contribution >= 0.6 is 24.0 Å². The fourth-order valence-corrected chi connectivity index (χ4v) is 4.47. The molecule has 0 spiro atoms. The average molecular weight is 471 g/mol. The second-order valence-electron chi connectivity index (χ2n) is 7.20. The molecule has 1 aliphatic heterocycles. The van der Waals surface area contributed by atoms with Crippen LogP contribution in [-0.4, -0.2) is 40.8 Å². The topological polar surface area (TPSA) is 67.9 Å². The molecular formula is C24H26N2O4S2. The lowest BCUT2D eigenvalue weighted by Gasteiger charge is -2.13. The van der Waals surface area contributed by atoms with Crippen molar-refractivity contribution in [2.75, 3.05) is 25.1 Å². The van der Waals surface area contributed by atoms with Gasteiger partial charge in [0, 0.05) is 12.2 Å². The maximum Gasteiger partial charge on any atom is 0.266 e. The zero-order valence-corrected chi connectivity index (χ0v) is 20.2. The van der Waals surface area contributed by atoms with E-state index >= 15 is 0 Å². The lowest BCUT2D eigenvalue weighted by molar-refractivity contribution is -0.122. The highest BCUT2D eigenvalue weighted by Gasteiger charge is 2.30. The van der Waals surface area contributed by atoms with Crippen molar-refractivity contribution in [2.24, 2.45) is 0 Å². The molecule has 0 aromatic heterocycles. The second-order valence-corrected chi connectivity index (χ2v) is 8.88. The van der Waals surface area contributed by atoms with Crippen LogP contribution in [0.4, 0.5) is 5.69 Å². The first kappa shape index (κ1) is 23.8. The van der Waals surface area contributed by atoms with Gasteiger partial charge in [-0.1, -0.05) is 36.1 Å². The van der Waals surface area contributed by atoms with E-state index in [1.807, 2.05) is 52.0 Å². The van der Waals surface area contributed by atoms with Crippen LogP contribution < -0.4 is 14.8 Å². The van der Waals surface area contributed by atoms with Crippen molar-refractivity contribution >= 4 is 51.9 Å². The summed E-state index contributed by atoms with van der Waals surface area (Å²) in [7, 11) is 0. The fraction of sp³-hybridized carbons (Fsp3) is 0.292. The summed E-state index contributed by atoms with van der Waals surface area (Å²) >= 11 is 6.55. The van der Waals surface area contributed by atoms with Gasteiger partial charge in [-0.05, 0) is 74.7 Å². The van der Waals surface area contributed by atoms with Crippen molar-refractivity contribution in [3.63, 3.8) is 0 Å². The van der Waals surface area contributed by atoms with E-state index in [9.17, 15) is 9.59 Å². The molecule has 0 aliphatic carbocycles. The van der Waals surface area contributed by atoms with Gasteiger partial charge in [-0.25, -0.2) is 0 Å². The van der Waals surface area contributed by atoms with Crippen LogP contribution in [0.15, 0.2) is 41.3 Å². The van der Waals surface area contributed by atoms with Crippen LogP contribution in [0.25, 0.3) is 6.08 Å². The van der Waals surface area contributed by atoms with E-state index in [1.54, 1.807) is 23.1 Å². The molecule has 0 saturated carbocycles. The van der Waals surface area contributed by atoms with Crippen LogP contribution in [0.3, 0.4) is 0 Å². The zero-order valence-electron chi connectivity index (χ0n) is 18.6. The number of ether oxygens (including phenoxy) is 2. The Bertz CT molecular complexity index is 1080. The third-order valence-corrected chi connectivity index (χ3v) is 6.28. The number of carbonyl (C=O) groups excluding carboxylic acids is 2. The number of carbonyl (C=O) groups is 2. The average Bonchev–Trinajstić information content (AvgIpc) is 3.02. The Balaban J connectivity index is 1.70. The van der Waals surface area contributed by atoms with Gasteiger partial charge < -0.3 is 14.8 Å². The van der Waals surface area contributed by atoms with E-state index in [4.69, 9.17) is 21.7 Å². The molecule has 1 N–H and O–H groups in total. The first-order chi connectivity index (χ1) is 15.3. The molecule has 8 heteroatoms. The van der Waals surface area contributed by atoms with Crippen LogP contribution in [-0.2, 0) is 9.59 Å². The molecule has 2 aromatic rings. The van der Waals surface area contributed by atoms with Gasteiger partial charge in [0.2, 0.25) is 0 Å². The molecule has 0 bridgehead atoms. The maximum absolute atomic E-state index is 12.4. The molecule has 1 heterocycles. The zero-order chi connectivity index (χ0) is 23.3. The molecule has 6 nitrogen and oxygen atoms in total. The summed E-state index contributed by atoms with van der Waals surface area (Å²) in [5.74, 6) is 0.610. The van der Waals surface area contributed by atoms with E-state index in [-0.39, 0.29) is 18.4 Å². The third-order valence-electron chi connectivity index (χ3n) is 4.90. The van der Waals surface area contributed by atoms with Gasteiger partial charge in [0.25, 0.3) is 11.8 Å². The Hall–Kier alpha value is -2.84. The summed E-state index contributed by atoms with van der Waals surface area (Å²) in [6.07, 6.45) is 1.79. The number of aryl methyl sites for hydroxylation is 2. The van der Waals surface area contributed by atoms with E-state index in [0.29, 0.717) is 33.9 Å². The highest BCUT2D eigenvalue weighted by molar-refractivity contribution is 8.26. The van der Waals surface area contributed by atoms with Gasteiger partial charge in [-0.15, -0.1) is 0 Å². The van der Waals surface area contributed by atoms with Crippen molar-refractivity contribution in [3.05, 3.63) is 58.0 Å². The van der Waals surface area contributed by atoms with Crippen molar-refractivity contribution in [1.29, 1.82) is 0 Å². The number of likely N-dealkylation sites (N-methyl/N-ethyl adjacent to an activating group) is 1. The number of nitrogens with one attached hydrogen (secondary N) is 1. The summed E-state index contributed by atoms with van der Waals surface area (Å²) in [5.41, 5.74) is 3.79. The van der Waals surface area contributed by atoms with Gasteiger partial charge in [0.05, 0.1) is 11.5 Å². The highest BCUT2D eigenvalue weighted by atomic mass is 32.2. The lowest BCUT2D eigenvalue weighted by atomic mass is 10.1. The number of thiocarbonyl (C=S) groups is 1. The molecular weight excluding hydrogens is 444 g/mol. The van der Waals surface area contributed by atoms with Crippen molar-refractivity contribution in [3.8, 4) is 11.5 Å². The molecule has 2 amide bonds. The lowest BCUT2D eigenvalue weighted by Crippen LogP contribution is -2.27. The molecule has 3 rings (SSSR count). The number of amides is 2. The summed E-state index contributed by atoms with van der Waals surface area (Å²) in [6, 6.07) is 11.1. The monoisotopic (exact) mass is 470 g/mol. The Morgan fingerprint density at radius 1 is 1.09 bits per heavy atom. The normalized spacial score (nSPS) is 14.8. The number of rotatable bonds is 8. The van der Waals surface area contributed by atoms with Gasteiger partial charge >= 0.3 is 0 Å². The molecule has 1 fully saturated rings. The summed E-state index contributed by atoms with van der Waals surface area (Å²) in [6.45, 7) is 8.61. The quantitative estimate of drug-likeness (QED) is 0.435. The van der Waals surface area contributed by atoms with Crippen molar-refractivity contribution < 1.29 is 19.1 Å². The van der Waals surface area contributed by atoms with Crippen LogP contribution in [0.5, 0.6) is 11.5 Å². The fourth-order valence-electron chi connectivity index (χ4n) is 3.09. The van der Waals surface area contributed by atoms with Crippen molar-refractivity contribution in [2.45, 2.75) is 27.7 Å². The molecule has 0 radical (unpaired) electrons. The van der Waals surface area contributed by atoms with Gasteiger partial charge in [0.1, 0.15) is 4.32 Å². The van der Waals surface area contributed by atoms with E-state index in [2.05, 4.69) is 5.32 Å². The van der Waals surface area contributed by atoms with Gasteiger partial charge in [-0.2, -0.15) is 0 Å². The Kier molecular flexibility index (Phi) is 7.93. The number of thioether (sulfide) groups is 1. The Morgan fingerprint density at radius 2 is 1.88 bits per heavy atom. The molecule has 1 aliphatic rings. The highest BCUT2D eigenvalue weighted by Crippen LogP contribution is 2.34. The number of hydrogen-bond acceptors (Lipinski definition) is 6.